The Hall–Kier alpha value is -1.88. The summed E-state index contributed by atoms with van der Waals surface area (Å²) in [5.74, 6) is -0.997. The summed E-state index contributed by atoms with van der Waals surface area (Å²) in [5, 5.41) is 8.95. The lowest BCUT2D eigenvalue weighted by atomic mass is 10.1. The minimum atomic E-state index is -0.997. The maximum atomic E-state index is 10.8. The monoisotopic (exact) mass is 234 g/mol. The number of rotatable bonds is 2. The molecule has 82 valence electrons. The molecule has 0 aliphatic carbocycles. The second-order valence-electron chi connectivity index (χ2n) is 3.36. The van der Waals surface area contributed by atoms with E-state index >= 15 is 0 Å². The standard InChI is InChI=1S/C11H10N2O2S/c1-6-9(16-10(13-6)11(14)15)7-3-2-4-8(12)5-7/h2-5H,12H2,1H3,(H,14,15). The SMILES string of the molecule is Cc1nc(C(=O)O)sc1-c1cccc(N)c1. The number of aromatic carboxylic acids is 1. The van der Waals surface area contributed by atoms with Crippen LogP contribution in [0.2, 0.25) is 0 Å². The number of nitrogen functional groups attached to an aromatic ring is 1. The van der Waals surface area contributed by atoms with Crippen molar-refractivity contribution < 1.29 is 9.90 Å². The number of nitrogens with two attached hydrogens (primary N) is 1. The zero-order chi connectivity index (χ0) is 11.7. The van der Waals surface area contributed by atoms with Crippen LogP contribution < -0.4 is 5.73 Å². The predicted octanol–water partition coefficient (Wildman–Crippen LogP) is 2.40. The van der Waals surface area contributed by atoms with Gasteiger partial charge in [-0.15, -0.1) is 11.3 Å². The number of carbonyl (C=O) groups is 1. The largest absolute Gasteiger partial charge is 0.476 e. The van der Waals surface area contributed by atoms with Crippen molar-refractivity contribution in [3.8, 4) is 10.4 Å². The second-order valence-corrected chi connectivity index (χ2v) is 4.36. The quantitative estimate of drug-likeness (QED) is 0.782. The average molecular weight is 234 g/mol. The molecule has 0 unspecified atom stereocenters. The van der Waals surface area contributed by atoms with Gasteiger partial charge in [0, 0.05) is 5.69 Å². The minimum Gasteiger partial charge on any atom is -0.476 e. The maximum absolute atomic E-state index is 10.8. The summed E-state index contributed by atoms with van der Waals surface area (Å²) in [7, 11) is 0. The highest BCUT2D eigenvalue weighted by Gasteiger charge is 2.14. The average Bonchev–Trinajstić information content (AvgIpc) is 2.60. The summed E-state index contributed by atoms with van der Waals surface area (Å²) < 4.78 is 0. The number of thiazole rings is 1. The molecule has 0 saturated carbocycles. The maximum Gasteiger partial charge on any atom is 0.365 e. The summed E-state index contributed by atoms with van der Waals surface area (Å²) in [6, 6.07) is 7.33. The van der Waals surface area contributed by atoms with Gasteiger partial charge in [0.15, 0.2) is 0 Å². The van der Waals surface area contributed by atoms with E-state index in [0.717, 1.165) is 21.8 Å². The van der Waals surface area contributed by atoms with Gasteiger partial charge in [-0.25, -0.2) is 9.78 Å². The lowest BCUT2D eigenvalue weighted by Crippen LogP contribution is -1.93. The van der Waals surface area contributed by atoms with Gasteiger partial charge in [0.25, 0.3) is 0 Å². The topological polar surface area (TPSA) is 76.2 Å². The fourth-order valence-corrected chi connectivity index (χ4v) is 2.34. The Labute approximate surface area is 96.4 Å². The number of carboxylic acid groups (broad SMARTS) is 1. The van der Waals surface area contributed by atoms with Crippen molar-refractivity contribution >= 4 is 23.0 Å². The number of anilines is 1. The van der Waals surface area contributed by atoms with Crippen molar-refractivity contribution in [2.24, 2.45) is 0 Å². The fraction of sp³-hybridized carbons (Fsp3) is 0.0909. The molecule has 4 nitrogen and oxygen atoms in total. The Bertz CT molecular complexity index is 549. The third kappa shape index (κ3) is 1.90. The van der Waals surface area contributed by atoms with E-state index in [1.165, 1.54) is 0 Å². The molecular weight excluding hydrogens is 224 g/mol. The molecule has 0 fully saturated rings. The van der Waals surface area contributed by atoms with E-state index in [0.29, 0.717) is 11.4 Å². The van der Waals surface area contributed by atoms with Crippen LogP contribution in [-0.4, -0.2) is 16.1 Å². The first-order valence-corrected chi connectivity index (χ1v) is 5.46. The summed E-state index contributed by atoms with van der Waals surface area (Å²) >= 11 is 1.16. The first kappa shape index (κ1) is 10.6. The highest BCUT2D eigenvalue weighted by molar-refractivity contribution is 7.17. The Morgan fingerprint density at radius 1 is 1.50 bits per heavy atom. The van der Waals surface area contributed by atoms with Gasteiger partial charge in [-0.2, -0.15) is 0 Å². The van der Waals surface area contributed by atoms with Gasteiger partial charge in [-0.1, -0.05) is 12.1 Å². The van der Waals surface area contributed by atoms with Crippen molar-refractivity contribution in [3.63, 3.8) is 0 Å². The number of aryl methyl sites for hydroxylation is 1. The Morgan fingerprint density at radius 2 is 2.25 bits per heavy atom. The van der Waals surface area contributed by atoms with Crippen molar-refractivity contribution in [2.45, 2.75) is 6.92 Å². The van der Waals surface area contributed by atoms with Gasteiger partial charge >= 0.3 is 5.97 Å². The van der Waals surface area contributed by atoms with Crippen LogP contribution in [0.5, 0.6) is 0 Å². The molecule has 0 spiro atoms. The van der Waals surface area contributed by atoms with E-state index in [9.17, 15) is 4.79 Å². The Morgan fingerprint density at radius 3 is 2.81 bits per heavy atom. The third-order valence-corrected chi connectivity index (χ3v) is 3.32. The molecule has 0 atom stereocenters. The summed E-state index contributed by atoms with van der Waals surface area (Å²) in [5.41, 5.74) is 7.96. The highest BCUT2D eigenvalue weighted by atomic mass is 32.1. The van der Waals surface area contributed by atoms with Gasteiger partial charge in [0.05, 0.1) is 10.6 Å². The van der Waals surface area contributed by atoms with Crippen LogP contribution in [0.25, 0.3) is 10.4 Å². The van der Waals surface area contributed by atoms with Crippen molar-refractivity contribution in [1.29, 1.82) is 0 Å². The van der Waals surface area contributed by atoms with Gasteiger partial charge in [0.2, 0.25) is 5.01 Å². The van der Waals surface area contributed by atoms with Crippen LogP contribution in [0.4, 0.5) is 5.69 Å². The number of nitrogens with zero attached hydrogens (tertiary/aromatic N) is 1. The van der Waals surface area contributed by atoms with Gasteiger partial charge < -0.3 is 10.8 Å². The van der Waals surface area contributed by atoms with Gasteiger partial charge in [-0.05, 0) is 24.6 Å². The molecular formula is C11H10N2O2S. The zero-order valence-corrected chi connectivity index (χ0v) is 9.41. The van der Waals surface area contributed by atoms with Gasteiger partial charge in [-0.3, -0.25) is 0 Å². The molecule has 1 aromatic heterocycles. The Balaban J connectivity index is 2.52. The van der Waals surface area contributed by atoms with E-state index in [-0.39, 0.29) is 5.01 Å². The second kappa shape index (κ2) is 3.94. The summed E-state index contributed by atoms with van der Waals surface area (Å²) in [6.07, 6.45) is 0. The molecule has 3 N–H and O–H groups in total. The lowest BCUT2D eigenvalue weighted by molar-refractivity contribution is 0.0696. The number of carboxylic acids is 1. The molecule has 16 heavy (non-hydrogen) atoms. The molecule has 0 aliphatic heterocycles. The van der Waals surface area contributed by atoms with Crippen LogP contribution in [0.15, 0.2) is 24.3 Å². The van der Waals surface area contributed by atoms with Crippen LogP contribution in [-0.2, 0) is 0 Å². The van der Waals surface area contributed by atoms with Crippen LogP contribution in [0, 0.1) is 6.92 Å². The first-order chi connectivity index (χ1) is 7.58. The van der Waals surface area contributed by atoms with E-state index in [1.54, 1.807) is 13.0 Å². The van der Waals surface area contributed by atoms with E-state index < -0.39 is 5.97 Å². The van der Waals surface area contributed by atoms with Crippen LogP contribution in [0.1, 0.15) is 15.5 Å². The zero-order valence-electron chi connectivity index (χ0n) is 8.60. The number of benzene rings is 1. The third-order valence-electron chi connectivity index (χ3n) is 2.13. The van der Waals surface area contributed by atoms with Crippen molar-refractivity contribution in [3.05, 3.63) is 35.0 Å². The molecule has 0 amide bonds. The molecule has 1 heterocycles. The minimum absolute atomic E-state index is 0.106. The number of hydrogen-bond acceptors (Lipinski definition) is 4. The highest BCUT2D eigenvalue weighted by Crippen LogP contribution is 2.30. The van der Waals surface area contributed by atoms with Crippen LogP contribution >= 0.6 is 11.3 Å². The van der Waals surface area contributed by atoms with Crippen molar-refractivity contribution in [1.82, 2.24) is 4.98 Å². The van der Waals surface area contributed by atoms with E-state index in [2.05, 4.69) is 4.98 Å². The fourth-order valence-electron chi connectivity index (χ4n) is 1.44. The first-order valence-electron chi connectivity index (χ1n) is 4.64. The normalized spacial score (nSPS) is 10.3. The Kier molecular flexibility index (Phi) is 2.62. The molecule has 1 aromatic carbocycles. The molecule has 5 heteroatoms. The molecule has 2 aromatic rings. The molecule has 0 aliphatic rings. The van der Waals surface area contributed by atoms with Crippen molar-refractivity contribution in [2.75, 3.05) is 5.73 Å². The van der Waals surface area contributed by atoms with E-state index in [1.807, 2.05) is 18.2 Å². The molecule has 0 saturated heterocycles. The molecule has 0 radical (unpaired) electrons. The number of hydrogen-bond donors (Lipinski definition) is 2. The van der Waals surface area contributed by atoms with Crippen LogP contribution in [0.3, 0.4) is 0 Å². The smallest absolute Gasteiger partial charge is 0.365 e. The lowest BCUT2D eigenvalue weighted by Gasteiger charge is -1.99. The molecule has 2 rings (SSSR count). The predicted molar refractivity (Wildman–Crippen MR) is 63.7 cm³/mol. The number of aromatic nitrogens is 1. The summed E-state index contributed by atoms with van der Waals surface area (Å²) in [6.45, 7) is 1.79. The van der Waals surface area contributed by atoms with Gasteiger partial charge in [0.1, 0.15) is 0 Å². The van der Waals surface area contributed by atoms with E-state index in [4.69, 9.17) is 10.8 Å². The summed E-state index contributed by atoms with van der Waals surface area (Å²) in [4.78, 5) is 15.6. The molecule has 0 bridgehead atoms.